The summed E-state index contributed by atoms with van der Waals surface area (Å²) in [5.74, 6) is 1.46. The van der Waals surface area contributed by atoms with E-state index in [1.54, 1.807) is 6.92 Å². The third-order valence-corrected chi connectivity index (χ3v) is 4.81. The van der Waals surface area contributed by atoms with E-state index in [0.29, 0.717) is 29.0 Å². The van der Waals surface area contributed by atoms with Crippen LogP contribution in [0.15, 0.2) is 34.7 Å². The molecular weight excluding hydrogens is 354 g/mol. The van der Waals surface area contributed by atoms with Gasteiger partial charge in [-0.15, -0.1) is 10.2 Å². The van der Waals surface area contributed by atoms with Crippen molar-refractivity contribution in [2.24, 2.45) is 5.92 Å². The molecule has 0 aliphatic rings. The van der Waals surface area contributed by atoms with Crippen LogP contribution in [-0.4, -0.2) is 31.9 Å². The Morgan fingerprint density at radius 1 is 1.07 bits per heavy atom. The van der Waals surface area contributed by atoms with Gasteiger partial charge in [0.05, 0.1) is 5.69 Å². The molecule has 0 saturated heterocycles. The highest BCUT2D eigenvalue weighted by Gasteiger charge is 2.18. The van der Waals surface area contributed by atoms with Crippen molar-refractivity contribution in [3.05, 3.63) is 47.5 Å². The van der Waals surface area contributed by atoms with Crippen molar-refractivity contribution in [1.82, 2.24) is 25.3 Å². The van der Waals surface area contributed by atoms with E-state index in [0.717, 1.165) is 11.4 Å². The SMILES string of the molecule is Cc1nnc(-c2cc(C(C)C)n(-c3ccc(C(=O)N[C@@H](C)C(C)C)cc3)n2)o1. The van der Waals surface area contributed by atoms with Gasteiger partial charge in [-0.1, -0.05) is 27.7 Å². The number of aromatic nitrogens is 4. The summed E-state index contributed by atoms with van der Waals surface area (Å²) in [4.78, 5) is 12.4. The first-order valence-corrected chi connectivity index (χ1v) is 9.58. The molecule has 0 bridgehead atoms. The quantitative estimate of drug-likeness (QED) is 0.694. The van der Waals surface area contributed by atoms with Gasteiger partial charge in [0.1, 0.15) is 5.69 Å². The van der Waals surface area contributed by atoms with E-state index in [4.69, 9.17) is 4.42 Å². The number of hydrogen-bond donors (Lipinski definition) is 1. The molecule has 1 amide bonds. The van der Waals surface area contributed by atoms with Crippen molar-refractivity contribution >= 4 is 5.91 Å². The lowest BCUT2D eigenvalue weighted by Crippen LogP contribution is -2.36. The molecular formula is C21H27N5O2. The van der Waals surface area contributed by atoms with Gasteiger partial charge in [0.2, 0.25) is 5.89 Å². The van der Waals surface area contributed by atoms with Gasteiger partial charge in [-0.2, -0.15) is 5.10 Å². The fraction of sp³-hybridized carbons (Fsp3) is 0.429. The highest BCUT2D eigenvalue weighted by atomic mass is 16.4. The summed E-state index contributed by atoms with van der Waals surface area (Å²) in [5, 5.41) is 15.6. The number of nitrogens with zero attached hydrogens (tertiary/aromatic N) is 4. The van der Waals surface area contributed by atoms with Crippen LogP contribution in [-0.2, 0) is 0 Å². The molecule has 1 N–H and O–H groups in total. The highest BCUT2D eigenvalue weighted by molar-refractivity contribution is 5.94. The molecule has 7 nitrogen and oxygen atoms in total. The highest BCUT2D eigenvalue weighted by Crippen LogP contribution is 2.25. The van der Waals surface area contributed by atoms with Crippen LogP contribution in [0.4, 0.5) is 0 Å². The predicted molar refractivity (Wildman–Crippen MR) is 107 cm³/mol. The van der Waals surface area contributed by atoms with Crippen molar-refractivity contribution in [1.29, 1.82) is 0 Å². The molecule has 0 unspecified atom stereocenters. The van der Waals surface area contributed by atoms with Crippen LogP contribution in [0.25, 0.3) is 17.3 Å². The molecule has 0 saturated carbocycles. The second-order valence-electron chi connectivity index (χ2n) is 7.70. The number of nitrogens with one attached hydrogen (secondary N) is 1. The standard InChI is InChI=1S/C21H27N5O2/c1-12(2)14(5)22-20(27)16-7-9-17(10-8-16)26-19(13(3)4)11-18(25-26)21-24-23-15(6)28-21/h7-14H,1-6H3,(H,22,27)/t14-/m0/s1. The van der Waals surface area contributed by atoms with Crippen LogP contribution < -0.4 is 5.32 Å². The number of carbonyl (C=O) groups excluding carboxylic acids is 1. The molecule has 2 heterocycles. The molecule has 3 rings (SSSR count). The Kier molecular flexibility index (Phi) is 5.63. The molecule has 1 atom stereocenters. The molecule has 2 aromatic heterocycles. The second kappa shape index (κ2) is 7.96. The summed E-state index contributed by atoms with van der Waals surface area (Å²) in [6.07, 6.45) is 0. The maximum absolute atomic E-state index is 12.4. The Hall–Kier alpha value is -2.96. The fourth-order valence-corrected chi connectivity index (χ4v) is 2.73. The summed E-state index contributed by atoms with van der Waals surface area (Å²) >= 11 is 0. The van der Waals surface area contributed by atoms with Gasteiger partial charge < -0.3 is 9.73 Å². The average Bonchev–Trinajstić information content (AvgIpc) is 3.28. The normalized spacial score (nSPS) is 12.6. The summed E-state index contributed by atoms with van der Waals surface area (Å²) < 4.78 is 7.37. The summed E-state index contributed by atoms with van der Waals surface area (Å²) in [5.41, 5.74) is 3.16. The summed E-state index contributed by atoms with van der Waals surface area (Å²) in [7, 11) is 0. The zero-order valence-electron chi connectivity index (χ0n) is 17.2. The second-order valence-corrected chi connectivity index (χ2v) is 7.70. The first-order valence-electron chi connectivity index (χ1n) is 9.58. The van der Waals surface area contributed by atoms with Gasteiger partial charge in [0.15, 0.2) is 0 Å². The lowest BCUT2D eigenvalue weighted by molar-refractivity contribution is 0.0930. The van der Waals surface area contributed by atoms with Crippen LogP contribution in [0.3, 0.4) is 0 Å². The molecule has 0 aliphatic heterocycles. The van der Waals surface area contributed by atoms with Gasteiger partial charge in [-0.3, -0.25) is 4.79 Å². The number of rotatable bonds is 6. The van der Waals surface area contributed by atoms with Crippen molar-refractivity contribution in [2.75, 3.05) is 0 Å². The minimum absolute atomic E-state index is 0.0701. The van der Waals surface area contributed by atoms with E-state index in [-0.39, 0.29) is 17.9 Å². The summed E-state index contributed by atoms with van der Waals surface area (Å²) in [6, 6.07) is 9.52. The van der Waals surface area contributed by atoms with Gasteiger partial charge in [0.25, 0.3) is 11.8 Å². The first-order chi connectivity index (χ1) is 13.3. The Balaban J connectivity index is 1.89. The lowest BCUT2D eigenvalue weighted by atomic mass is 10.1. The fourth-order valence-electron chi connectivity index (χ4n) is 2.73. The molecule has 148 valence electrons. The minimum atomic E-state index is -0.0701. The smallest absolute Gasteiger partial charge is 0.268 e. The topological polar surface area (TPSA) is 85.8 Å². The maximum Gasteiger partial charge on any atom is 0.268 e. The van der Waals surface area contributed by atoms with Crippen molar-refractivity contribution in [3.63, 3.8) is 0 Å². The molecule has 0 fully saturated rings. The molecule has 0 aliphatic carbocycles. The van der Waals surface area contributed by atoms with Crippen LogP contribution in [0.2, 0.25) is 0 Å². The number of aryl methyl sites for hydroxylation is 1. The Morgan fingerprint density at radius 3 is 2.29 bits per heavy atom. The van der Waals surface area contributed by atoms with Crippen molar-refractivity contribution in [3.8, 4) is 17.3 Å². The van der Waals surface area contributed by atoms with E-state index in [2.05, 4.69) is 48.3 Å². The number of benzene rings is 1. The summed E-state index contributed by atoms with van der Waals surface area (Å²) in [6.45, 7) is 12.1. The van der Waals surface area contributed by atoms with Crippen LogP contribution in [0.1, 0.15) is 62.5 Å². The van der Waals surface area contributed by atoms with Gasteiger partial charge in [-0.25, -0.2) is 4.68 Å². The number of hydrogen-bond acceptors (Lipinski definition) is 5. The van der Waals surface area contributed by atoms with Crippen molar-refractivity contribution in [2.45, 2.75) is 53.5 Å². The third kappa shape index (κ3) is 4.13. The van der Waals surface area contributed by atoms with Crippen molar-refractivity contribution < 1.29 is 9.21 Å². The van der Waals surface area contributed by atoms with E-state index in [1.165, 1.54) is 0 Å². The average molecular weight is 381 g/mol. The van der Waals surface area contributed by atoms with E-state index >= 15 is 0 Å². The molecule has 1 aromatic carbocycles. The van der Waals surface area contributed by atoms with Crippen LogP contribution >= 0.6 is 0 Å². The van der Waals surface area contributed by atoms with E-state index < -0.39 is 0 Å². The zero-order chi connectivity index (χ0) is 20.4. The Bertz CT molecular complexity index is 954. The molecule has 3 aromatic rings. The third-order valence-electron chi connectivity index (χ3n) is 4.81. The first kappa shape index (κ1) is 19.8. The molecule has 7 heteroatoms. The predicted octanol–water partition coefficient (Wildman–Crippen LogP) is 4.13. The Morgan fingerprint density at radius 2 is 1.75 bits per heavy atom. The Labute approximate surface area is 165 Å². The molecule has 0 spiro atoms. The van der Waals surface area contributed by atoms with Gasteiger partial charge in [0, 0.05) is 24.2 Å². The number of carbonyl (C=O) groups is 1. The van der Waals surface area contributed by atoms with Crippen LogP contribution in [0.5, 0.6) is 0 Å². The number of amides is 1. The van der Waals surface area contributed by atoms with Gasteiger partial charge >= 0.3 is 0 Å². The monoisotopic (exact) mass is 381 g/mol. The lowest BCUT2D eigenvalue weighted by Gasteiger charge is -2.17. The zero-order valence-corrected chi connectivity index (χ0v) is 17.2. The largest absolute Gasteiger partial charge is 0.420 e. The minimum Gasteiger partial charge on any atom is -0.420 e. The maximum atomic E-state index is 12.4. The van der Waals surface area contributed by atoms with Crippen LogP contribution in [0, 0.1) is 12.8 Å². The van der Waals surface area contributed by atoms with E-state index in [1.807, 2.05) is 41.9 Å². The van der Waals surface area contributed by atoms with E-state index in [9.17, 15) is 4.79 Å². The van der Waals surface area contributed by atoms with Gasteiger partial charge in [-0.05, 0) is 49.1 Å². The molecule has 0 radical (unpaired) electrons. The molecule has 28 heavy (non-hydrogen) atoms.